The highest BCUT2D eigenvalue weighted by Crippen LogP contribution is 2.26. The molecule has 0 aliphatic carbocycles. The summed E-state index contributed by atoms with van der Waals surface area (Å²) >= 11 is 1.20. The van der Waals surface area contributed by atoms with Gasteiger partial charge in [-0.05, 0) is 23.9 Å². The van der Waals surface area contributed by atoms with E-state index in [1.807, 2.05) is 0 Å². The second-order valence-corrected chi connectivity index (χ2v) is 3.82. The predicted molar refractivity (Wildman–Crippen MR) is 57.4 cm³/mol. The molecule has 0 atom stereocenters. The van der Waals surface area contributed by atoms with E-state index in [9.17, 15) is 4.79 Å². The van der Waals surface area contributed by atoms with Crippen LogP contribution < -0.4 is 0 Å². The fraction of sp³-hybridized carbons (Fsp3) is 0. The largest absolute Gasteiger partial charge is 0.478 e. The van der Waals surface area contributed by atoms with E-state index in [0.717, 1.165) is 0 Å². The lowest BCUT2D eigenvalue weighted by atomic mass is 10.3. The van der Waals surface area contributed by atoms with Gasteiger partial charge in [0.1, 0.15) is 0 Å². The summed E-state index contributed by atoms with van der Waals surface area (Å²) in [4.78, 5) is 23.3. The average Bonchev–Trinajstić information content (AvgIpc) is 2.31. The van der Waals surface area contributed by atoms with E-state index < -0.39 is 5.97 Å². The summed E-state index contributed by atoms with van der Waals surface area (Å²) in [6, 6.07) is 3.33. The molecule has 2 heterocycles. The third-order valence-corrected chi connectivity index (χ3v) is 2.72. The third-order valence-electron chi connectivity index (χ3n) is 1.75. The lowest BCUT2D eigenvalue weighted by Crippen LogP contribution is -1.99. The molecule has 0 radical (unpaired) electrons. The van der Waals surface area contributed by atoms with Gasteiger partial charge in [-0.2, -0.15) is 0 Å². The fourth-order valence-corrected chi connectivity index (χ4v) is 1.87. The van der Waals surface area contributed by atoms with Crippen molar-refractivity contribution < 1.29 is 9.90 Å². The maximum atomic E-state index is 10.9. The summed E-state index contributed by atoms with van der Waals surface area (Å²) in [5, 5.41) is 9.46. The average molecular weight is 233 g/mol. The molecule has 2 rings (SSSR count). The number of hydrogen-bond donors (Lipinski definition) is 1. The minimum atomic E-state index is -1.01. The first-order valence-electron chi connectivity index (χ1n) is 4.39. The smallest absolute Gasteiger partial charge is 0.338 e. The van der Waals surface area contributed by atoms with Crippen LogP contribution in [0.4, 0.5) is 0 Å². The van der Waals surface area contributed by atoms with Gasteiger partial charge >= 0.3 is 5.97 Å². The van der Waals surface area contributed by atoms with Crippen molar-refractivity contribution >= 4 is 17.7 Å². The zero-order valence-electron chi connectivity index (χ0n) is 8.07. The Morgan fingerprint density at radius 2 is 2.00 bits per heavy atom. The van der Waals surface area contributed by atoms with E-state index >= 15 is 0 Å². The molecule has 0 spiro atoms. The van der Waals surface area contributed by atoms with Crippen LogP contribution in [0.1, 0.15) is 10.4 Å². The highest BCUT2D eigenvalue weighted by molar-refractivity contribution is 7.99. The van der Waals surface area contributed by atoms with Crippen LogP contribution in [0, 0.1) is 0 Å². The van der Waals surface area contributed by atoms with Gasteiger partial charge in [0, 0.05) is 29.7 Å². The number of rotatable bonds is 3. The van der Waals surface area contributed by atoms with Gasteiger partial charge in [0.15, 0.2) is 5.16 Å². The van der Waals surface area contributed by atoms with Gasteiger partial charge in [0.2, 0.25) is 0 Å². The highest BCUT2D eigenvalue weighted by Gasteiger charge is 2.11. The Hall–Kier alpha value is -1.95. The Labute approximate surface area is 95.6 Å². The number of carboxylic acids is 1. The summed E-state index contributed by atoms with van der Waals surface area (Å²) in [5.74, 6) is -1.01. The van der Waals surface area contributed by atoms with Crippen molar-refractivity contribution in [3.8, 4) is 0 Å². The number of aromatic carboxylic acids is 1. The molecule has 0 fully saturated rings. The number of carboxylic acid groups (broad SMARTS) is 1. The Morgan fingerprint density at radius 3 is 2.69 bits per heavy atom. The van der Waals surface area contributed by atoms with E-state index in [0.29, 0.717) is 10.1 Å². The molecule has 2 aromatic rings. The minimum absolute atomic E-state index is 0.153. The van der Waals surface area contributed by atoms with Gasteiger partial charge in [-0.25, -0.2) is 14.8 Å². The minimum Gasteiger partial charge on any atom is -0.478 e. The Kier molecular flexibility index (Phi) is 3.11. The van der Waals surface area contributed by atoms with Crippen LogP contribution in [-0.4, -0.2) is 26.0 Å². The molecule has 0 aromatic carbocycles. The molecule has 0 unspecified atom stereocenters. The first kappa shape index (κ1) is 10.6. The zero-order valence-corrected chi connectivity index (χ0v) is 8.89. The summed E-state index contributed by atoms with van der Waals surface area (Å²) in [6.45, 7) is 0. The second-order valence-electron chi connectivity index (χ2n) is 2.81. The van der Waals surface area contributed by atoms with Crippen LogP contribution in [0.2, 0.25) is 0 Å². The van der Waals surface area contributed by atoms with Crippen molar-refractivity contribution in [2.75, 3.05) is 0 Å². The zero-order chi connectivity index (χ0) is 11.4. The Balaban J connectivity index is 2.31. The number of hydrogen-bond acceptors (Lipinski definition) is 5. The monoisotopic (exact) mass is 233 g/mol. The normalized spacial score (nSPS) is 10.0. The number of carbonyl (C=O) groups is 1. The molecule has 0 aliphatic heterocycles. The topological polar surface area (TPSA) is 76.0 Å². The molecule has 0 saturated heterocycles. The molecule has 0 aliphatic rings. The van der Waals surface area contributed by atoms with Crippen LogP contribution >= 0.6 is 11.8 Å². The van der Waals surface area contributed by atoms with Crippen LogP contribution in [0.5, 0.6) is 0 Å². The molecule has 5 nitrogen and oxygen atoms in total. The van der Waals surface area contributed by atoms with E-state index in [-0.39, 0.29) is 5.56 Å². The standard InChI is InChI=1S/C10H7N3O2S/c14-9(15)7-6-11-5-2-8(7)16-10-12-3-1-4-13-10/h1-6H,(H,14,15). The van der Waals surface area contributed by atoms with Crippen LogP contribution in [-0.2, 0) is 0 Å². The fourth-order valence-electron chi connectivity index (χ4n) is 1.07. The van der Waals surface area contributed by atoms with Gasteiger partial charge in [-0.3, -0.25) is 4.98 Å². The summed E-state index contributed by atoms with van der Waals surface area (Å²) < 4.78 is 0. The SMILES string of the molecule is O=C(O)c1cnccc1Sc1ncccn1. The molecular weight excluding hydrogens is 226 g/mol. The van der Waals surface area contributed by atoms with Crippen molar-refractivity contribution in [2.24, 2.45) is 0 Å². The number of pyridine rings is 1. The van der Waals surface area contributed by atoms with Crippen LogP contribution in [0.25, 0.3) is 0 Å². The van der Waals surface area contributed by atoms with E-state index in [4.69, 9.17) is 5.11 Å². The predicted octanol–water partition coefficient (Wildman–Crippen LogP) is 1.72. The highest BCUT2D eigenvalue weighted by atomic mass is 32.2. The van der Waals surface area contributed by atoms with Crippen molar-refractivity contribution in [1.29, 1.82) is 0 Å². The molecule has 0 saturated carbocycles. The quantitative estimate of drug-likeness (QED) is 0.813. The van der Waals surface area contributed by atoms with E-state index in [1.54, 1.807) is 24.5 Å². The summed E-state index contributed by atoms with van der Waals surface area (Å²) in [7, 11) is 0. The van der Waals surface area contributed by atoms with E-state index in [1.165, 1.54) is 24.2 Å². The number of aromatic nitrogens is 3. The van der Waals surface area contributed by atoms with Crippen molar-refractivity contribution in [3.05, 3.63) is 42.5 Å². The first-order valence-corrected chi connectivity index (χ1v) is 5.21. The Morgan fingerprint density at radius 1 is 1.25 bits per heavy atom. The molecule has 1 N–H and O–H groups in total. The molecule has 16 heavy (non-hydrogen) atoms. The Bertz CT molecular complexity index is 504. The maximum Gasteiger partial charge on any atom is 0.338 e. The molecule has 0 bridgehead atoms. The summed E-state index contributed by atoms with van der Waals surface area (Å²) in [6.07, 6.45) is 6.07. The van der Waals surface area contributed by atoms with Gasteiger partial charge in [0.05, 0.1) is 5.56 Å². The summed E-state index contributed by atoms with van der Waals surface area (Å²) in [5.41, 5.74) is 0.153. The van der Waals surface area contributed by atoms with Crippen LogP contribution in [0.15, 0.2) is 47.0 Å². The third kappa shape index (κ3) is 2.34. The van der Waals surface area contributed by atoms with E-state index in [2.05, 4.69) is 15.0 Å². The molecule has 6 heteroatoms. The van der Waals surface area contributed by atoms with Gasteiger partial charge in [-0.1, -0.05) is 0 Å². The maximum absolute atomic E-state index is 10.9. The van der Waals surface area contributed by atoms with Gasteiger partial charge < -0.3 is 5.11 Å². The van der Waals surface area contributed by atoms with Gasteiger partial charge in [0.25, 0.3) is 0 Å². The molecule has 80 valence electrons. The second kappa shape index (κ2) is 4.71. The van der Waals surface area contributed by atoms with Crippen molar-refractivity contribution in [2.45, 2.75) is 10.1 Å². The van der Waals surface area contributed by atoms with Crippen LogP contribution in [0.3, 0.4) is 0 Å². The van der Waals surface area contributed by atoms with Crippen molar-refractivity contribution in [1.82, 2.24) is 15.0 Å². The number of nitrogens with zero attached hydrogens (tertiary/aromatic N) is 3. The molecule has 2 aromatic heterocycles. The molecule has 0 amide bonds. The lowest BCUT2D eigenvalue weighted by molar-refractivity contribution is 0.0692. The molecular formula is C10H7N3O2S. The van der Waals surface area contributed by atoms with Crippen molar-refractivity contribution in [3.63, 3.8) is 0 Å². The lowest BCUT2D eigenvalue weighted by Gasteiger charge is -2.02. The first-order chi connectivity index (χ1) is 7.77. The van der Waals surface area contributed by atoms with Gasteiger partial charge in [-0.15, -0.1) is 0 Å².